The quantitative estimate of drug-likeness (QED) is 0.399. The molecule has 0 aromatic carbocycles. The maximum Gasteiger partial charge on any atom is 0.453 e. The Balaban J connectivity index is 3.81. The van der Waals surface area contributed by atoms with E-state index in [2.05, 4.69) is 0 Å². The second kappa shape index (κ2) is 7.28. The average molecular weight is 354 g/mol. The highest BCUT2D eigenvalue weighted by Crippen LogP contribution is 2.40. The van der Waals surface area contributed by atoms with Gasteiger partial charge in [0.2, 0.25) is 0 Å². The second-order valence-electron chi connectivity index (χ2n) is 4.22. The van der Waals surface area contributed by atoms with Crippen molar-refractivity contribution in [3.63, 3.8) is 0 Å². The predicted molar refractivity (Wildman–Crippen MR) is 57.8 cm³/mol. The third kappa shape index (κ3) is 6.96. The van der Waals surface area contributed by atoms with E-state index in [0.717, 1.165) is 11.8 Å². The molecule has 0 amide bonds. The molecule has 0 aromatic heterocycles. The van der Waals surface area contributed by atoms with Crippen molar-refractivity contribution in [2.75, 3.05) is 11.5 Å². The van der Waals surface area contributed by atoms with Gasteiger partial charge in [-0.05, 0) is 24.3 Å². The molecule has 0 aliphatic carbocycles. The highest BCUT2D eigenvalue weighted by molar-refractivity contribution is 7.99. The van der Waals surface area contributed by atoms with Crippen molar-refractivity contribution < 1.29 is 43.9 Å². The largest absolute Gasteiger partial charge is 0.453 e. The van der Waals surface area contributed by atoms with Crippen molar-refractivity contribution in [1.82, 2.24) is 0 Å². The summed E-state index contributed by atoms with van der Waals surface area (Å²) in [5.41, 5.74) is 0. The molecule has 0 aliphatic rings. The number of hydrogen-bond donors (Lipinski definition) is 0. The number of alkyl halides is 10. The van der Waals surface area contributed by atoms with Gasteiger partial charge in [-0.1, -0.05) is 0 Å². The summed E-state index contributed by atoms with van der Waals surface area (Å²) in [6.07, 6.45) is -15.2. The van der Waals surface area contributed by atoms with Gasteiger partial charge in [0, 0.05) is 12.8 Å². The summed E-state index contributed by atoms with van der Waals surface area (Å²) in [7, 11) is 0. The Hall–Kier alpha value is -0.350. The zero-order chi connectivity index (χ0) is 16.9. The first-order valence-electron chi connectivity index (χ1n) is 5.67. The van der Waals surface area contributed by atoms with Crippen LogP contribution in [0.5, 0.6) is 0 Å². The molecule has 0 unspecified atom stereocenters. The van der Waals surface area contributed by atoms with E-state index in [0.29, 0.717) is 0 Å². The lowest BCUT2D eigenvalue weighted by molar-refractivity contribution is -0.284. The SMILES string of the molecule is FC(F)(F)C(F)(F)CCCSCCCC(F)(F)C(F)(F)F. The van der Waals surface area contributed by atoms with Crippen LogP contribution in [0.2, 0.25) is 0 Å². The molecule has 0 N–H and O–H groups in total. The molecule has 0 saturated carbocycles. The fraction of sp³-hybridized carbons (Fsp3) is 1.00. The van der Waals surface area contributed by atoms with Crippen molar-refractivity contribution in [3.8, 4) is 0 Å². The maximum atomic E-state index is 12.4. The summed E-state index contributed by atoms with van der Waals surface area (Å²) in [4.78, 5) is 0. The number of rotatable bonds is 8. The fourth-order valence-electron chi connectivity index (χ4n) is 1.18. The van der Waals surface area contributed by atoms with Gasteiger partial charge in [0.15, 0.2) is 0 Å². The Kier molecular flexibility index (Phi) is 7.15. The minimum atomic E-state index is -5.65. The normalized spacial score (nSPS) is 14.6. The third-order valence-electron chi connectivity index (χ3n) is 2.39. The molecule has 0 atom stereocenters. The zero-order valence-electron chi connectivity index (χ0n) is 10.4. The van der Waals surface area contributed by atoms with Gasteiger partial charge in [0.1, 0.15) is 0 Å². The number of halogens is 10. The van der Waals surface area contributed by atoms with Crippen LogP contribution in [0.1, 0.15) is 25.7 Å². The van der Waals surface area contributed by atoms with Crippen LogP contribution in [-0.2, 0) is 0 Å². The van der Waals surface area contributed by atoms with E-state index in [-0.39, 0.29) is 11.5 Å². The highest BCUT2D eigenvalue weighted by Gasteiger charge is 2.57. The number of hydrogen-bond acceptors (Lipinski definition) is 1. The second-order valence-corrected chi connectivity index (χ2v) is 5.45. The van der Waals surface area contributed by atoms with Crippen molar-refractivity contribution in [1.29, 1.82) is 0 Å². The fourth-order valence-corrected chi connectivity index (χ4v) is 2.08. The molecule has 0 spiro atoms. The highest BCUT2D eigenvalue weighted by atomic mass is 32.2. The standard InChI is InChI=1S/C10H12F10S/c11-7(12,9(15,16)17)3-1-5-21-6-2-4-8(13,14)10(18,19)20/h1-6H2. The Morgan fingerprint density at radius 2 is 0.810 bits per heavy atom. The molecule has 0 bridgehead atoms. The molecule has 0 radical (unpaired) electrons. The first-order valence-corrected chi connectivity index (χ1v) is 6.83. The topological polar surface area (TPSA) is 0 Å². The van der Waals surface area contributed by atoms with Crippen LogP contribution in [0.25, 0.3) is 0 Å². The molecule has 21 heavy (non-hydrogen) atoms. The van der Waals surface area contributed by atoms with Crippen LogP contribution in [-0.4, -0.2) is 35.7 Å². The van der Waals surface area contributed by atoms with Crippen LogP contribution in [0.3, 0.4) is 0 Å². The van der Waals surface area contributed by atoms with Crippen LogP contribution < -0.4 is 0 Å². The summed E-state index contributed by atoms with van der Waals surface area (Å²) in [6.45, 7) is 0. The van der Waals surface area contributed by atoms with Gasteiger partial charge in [-0.15, -0.1) is 0 Å². The summed E-state index contributed by atoms with van der Waals surface area (Å²) in [6, 6.07) is 0. The van der Waals surface area contributed by atoms with E-state index in [1.54, 1.807) is 0 Å². The van der Waals surface area contributed by atoms with Gasteiger partial charge < -0.3 is 0 Å². The molecule has 0 aromatic rings. The average Bonchev–Trinajstić information content (AvgIpc) is 2.24. The molecule has 0 fully saturated rings. The summed E-state index contributed by atoms with van der Waals surface area (Å²) >= 11 is 0.755. The van der Waals surface area contributed by atoms with E-state index in [4.69, 9.17) is 0 Å². The lowest BCUT2D eigenvalue weighted by atomic mass is 10.2. The Labute approximate surface area is 118 Å². The third-order valence-corrected chi connectivity index (χ3v) is 3.54. The molecule has 0 aliphatic heterocycles. The summed E-state index contributed by atoms with van der Waals surface area (Å²) in [5.74, 6) is -10.00. The predicted octanol–water partition coefficient (Wildman–Crippen LogP) is 5.68. The smallest absolute Gasteiger partial charge is 0.196 e. The van der Waals surface area contributed by atoms with Crippen molar-refractivity contribution in [2.24, 2.45) is 0 Å². The lowest BCUT2D eigenvalue weighted by Gasteiger charge is -2.19. The van der Waals surface area contributed by atoms with Crippen molar-refractivity contribution in [3.05, 3.63) is 0 Å². The minimum absolute atomic E-state index is 0.177. The van der Waals surface area contributed by atoms with Gasteiger partial charge in [-0.2, -0.15) is 55.7 Å². The minimum Gasteiger partial charge on any atom is -0.196 e. The molecular formula is C10H12F10S. The van der Waals surface area contributed by atoms with Crippen LogP contribution in [0, 0.1) is 0 Å². The van der Waals surface area contributed by atoms with Crippen LogP contribution in [0.15, 0.2) is 0 Å². The van der Waals surface area contributed by atoms with Crippen molar-refractivity contribution >= 4 is 11.8 Å². The summed E-state index contributed by atoms with van der Waals surface area (Å²) in [5, 5.41) is 0. The van der Waals surface area contributed by atoms with E-state index >= 15 is 0 Å². The van der Waals surface area contributed by atoms with Crippen LogP contribution >= 0.6 is 11.8 Å². The maximum absolute atomic E-state index is 12.4. The van der Waals surface area contributed by atoms with Gasteiger partial charge in [0.05, 0.1) is 0 Å². The summed E-state index contributed by atoms with van der Waals surface area (Å²) < 4.78 is 120. The van der Waals surface area contributed by atoms with Gasteiger partial charge in [0.25, 0.3) is 0 Å². The molecule has 0 nitrogen and oxygen atoms in total. The Morgan fingerprint density at radius 1 is 0.524 bits per heavy atom. The molecular weight excluding hydrogens is 342 g/mol. The molecule has 0 heterocycles. The van der Waals surface area contributed by atoms with Gasteiger partial charge in [-0.3, -0.25) is 0 Å². The zero-order valence-corrected chi connectivity index (χ0v) is 11.2. The first kappa shape index (κ1) is 20.6. The molecule has 0 rings (SSSR count). The first-order chi connectivity index (χ1) is 9.21. The van der Waals surface area contributed by atoms with Gasteiger partial charge >= 0.3 is 24.2 Å². The van der Waals surface area contributed by atoms with Crippen molar-refractivity contribution in [2.45, 2.75) is 49.9 Å². The molecule has 128 valence electrons. The lowest BCUT2D eigenvalue weighted by Crippen LogP contribution is -2.36. The van der Waals surface area contributed by atoms with E-state index in [1.165, 1.54) is 0 Å². The Morgan fingerprint density at radius 3 is 1.05 bits per heavy atom. The number of thioether (sulfide) groups is 1. The molecule has 11 heteroatoms. The van der Waals surface area contributed by atoms with E-state index < -0.39 is 49.9 Å². The van der Waals surface area contributed by atoms with E-state index in [1.807, 2.05) is 0 Å². The van der Waals surface area contributed by atoms with Crippen LogP contribution in [0.4, 0.5) is 43.9 Å². The monoisotopic (exact) mass is 354 g/mol. The molecule has 0 saturated heterocycles. The Bertz CT molecular complexity index is 276. The van der Waals surface area contributed by atoms with Gasteiger partial charge in [-0.25, -0.2) is 0 Å². The van der Waals surface area contributed by atoms with E-state index in [9.17, 15) is 43.9 Å².